The number of benzene rings is 1. The zero-order valence-electron chi connectivity index (χ0n) is 9.75. The topological polar surface area (TPSA) is 38.7 Å². The fraction of sp³-hybridized carbons (Fsp3) is 0.538. The molecule has 0 aromatic heterocycles. The Morgan fingerprint density at radius 1 is 1.35 bits per heavy atom. The quantitative estimate of drug-likeness (QED) is 0.912. The molecule has 1 fully saturated rings. The van der Waals surface area contributed by atoms with E-state index >= 15 is 0 Å². The largest absolute Gasteiger partial charge is 0.486 e. The third kappa shape index (κ3) is 2.04. The number of aliphatic hydroxyl groups is 1. The highest BCUT2D eigenvalue weighted by molar-refractivity contribution is 9.10. The van der Waals surface area contributed by atoms with Crippen LogP contribution < -0.4 is 9.47 Å². The van der Waals surface area contributed by atoms with E-state index in [1.807, 2.05) is 13.0 Å². The number of ether oxygens (including phenoxy) is 2. The van der Waals surface area contributed by atoms with Gasteiger partial charge in [0.2, 0.25) is 0 Å². The molecule has 0 amide bonds. The average molecular weight is 299 g/mol. The first kappa shape index (κ1) is 11.4. The normalized spacial score (nSPS) is 20.2. The van der Waals surface area contributed by atoms with Crippen LogP contribution in [0.15, 0.2) is 10.5 Å². The van der Waals surface area contributed by atoms with Crippen molar-refractivity contribution in [1.29, 1.82) is 0 Å². The van der Waals surface area contributed by atoms with Crippen LogP contribution in [0.25, 0.3) is 0 Å². The Hall–Kier alpha value is -0.740. The highest BCUT2D eigenvalue weighted by Crippen LogP contribution is 2.46. The van der Waals surface area contributed by atoms with Gasteiger partial charge in [-0.1, -0.05) is 0 Å². The van der Waals surface area contributed by atoms with Crippen molar-refractivity contribution < 1.29 is 14.6 Å². The second-order valence-corrected chi connectivity index (χ2v) is 5.70. The van der Waals surface area contributed by atoms with Crippen LogP contribution in [-0.4, -0.2) is 23.9 Å². The lowest BCUT2D eigenvalue weighted by Crippen LogP contribution is -2.18. The standard InChI is InChI=1S/C13H15BrO3/c1-8-6-10-12(17-5-4-16-10)11(14)9(8)7-13(15)2-3-13/h6,15H,2-5,7H2,1H3. The van der Waals surface area contributed by atoms with Gasteiger partial charge in [0.1, 0.15) is 13.2 Å². The first-order chi connectivity index (χ1) is 8.09. The summed E-state index contributed by atoms with van der Waals surface area (Å²) in [5.41, 5.74) is 1.78. The van der Waals surface area contributed by atoms with Crippen LogP contribution >= 0.6 is 15.9 Å². The molecule has 1 aromatic carbocycles. The van der Waals surface area contributed by atoms with Gasteiger partial charge in [-0.15, -0.1) is 0 Å². The van der Waals surface area contributed by atoms with Crippen molar-refractivity contribution in [2.24, 2.45) is 0 Å². The smallest absolute Gasteiger partial charge is 0.175 e. The summed E-state index contributed by atoms with van der Waals surface area (Å²) < 4.78 is 12.1. The molecule has 1 aliphatic heterocycles. The fourth-order valence-electron chi connectivity index (χ4n) is 2.17. The molecule has 92 valence electrons. The number of hydrogen-bond acceptors (Lipinski definition) is 3. The van der Waals surface area contributed by atoms with E-state index in [1.54, 1.807) is 0 Å². The summed E-state index contributed by atoms with van der Waals surface area (Å²) in [7, 11) is 0. The van der Waals surface area contributed by atoms with Gasteiger partial charge in [-0.05, 0) is 52.9 Å². The molecule has 17 heavy (non-hydrogen) atoms. The fourth-order valence-corrected chi connectivity index (χ4v) is 2.93. The monoisotopic (exact) mass is 298 g/mol. The molecule has 2 aliphatic rings. The number of rotatable bonds is 2. The molecule has 1 heterocycles. The highest BCUT2D eigenvalue weighted by atomic mass is 79.9. The maximum atomic E-state index is 10.0. The molecule has 1 aromatic rings. The highest BCUT2D eigenvalue weighted by Gasteiger charge is 2.41. The molecule has 1 N–H and O–H groups in total. The van der Waals surface area contributed by atoms with Crippen LogP contribution in [0, 0.1) is 6.92 Å². The minimum Gasteiger partial charge on any atom is -0.486 e. The Kier molecular flexibility index (Phi) is 2.60. The molecule has 0 unspecified atom stereocenters. The van der Waals surface area contributed by atoms with Crippen LogP contribution in [0.4, 0.5) is 0 Å². The van der Waals surface area contributed by atoms with E-state index in [1.165, 1.54) is 0 Å². The van der Waals surface area contributed by atoms with E-state index in [4.69, 9.17) is 9.47 Å². The van der Waals surface area contributed by atoms with Crippen molar-refractivity contribution in [3.05, 3.63) is 21.7 Å². The summed E-state index contributed by atoms with van der Waals surface area (Å²) in [6, 6.07) is 2.00. The molecule has 0 bridgehead atoms. The zero-order chi connectivity index (χ0) is 12.0. The lowest BCUT2D eigenvalue weighted by atomic mass is 10.0. The molecule has 1 aliphatic carbocycles. The maximum Gasteiger partial charge on any atom is 0.175 e. The lowest BCUT2D eigenvalue weighted by Gasteiger charge is -2.23. The molecule has 0 radical (unpaired) electrons. The van der Waals surface area contributed by atoms with E-state index in [-0.39, 0.29) is 0 Å². The third-order valence-corrected chi connectivity index (χ3v) is 4.27. The van der Waals surface area contributed by atoms with Gasteiger partial charge >= 0.3 is 0 Å². The van der Waals surface area contributed by atoms with Gasteiger partial charge < -0.3 is 14.6 Å². The van der Waals surface area contributed by atoms with Gasteiger partial charge in [-0.25, -0.2) is 0 Å². The summed E-state index contributed by atoms with van der Waals surface area (Å²) in [4.78, 5) is 0. The van der Waals surface area contributed by atoms with Gasteiger partial charge in [-0.2, -0.15) is 0 Å². The number of fused-ring (bicyclic) bond motifs is 1. The average Bonchev–Trinajstić information content (AvgIpc) is 3.03. The van der Waals surface area contributed by atoms with Gasteiger partial charge in [0.25, 0.3) is 0 Å². The minimum atomic E-state index is -0.489. The Morgan fingerprint density at radius 3 is 2.76 bits per heavy atom. The Bertz CT molecular complexity index is 466. The molecule has 0 atom stereocenters. The van der Waals surface area contributed by atoms with Gasteiger partial charge in [0, 0.05) is 6.42 Å². The lowest BCUT2D eigenvalue weighted by molar-refractivity contribution is 0.149. The third-order valence-electron chi connectivity index (χ3n) is 3.43. The van der Waals surface area contributed by atoms with Crippen LogP contribution in [0.1, 0.15) is 24.0 Å². The van der Waals surface area contributed by atoms with E-state index < -0.39 is 5.60 Å². The summed E-state index contributed by atoms with van der Waals surface area (Å²) in [6.07, 6.45) is 2.48. The predicted molar refractivity (Wildman–Crippen MR) is 67.8 cm³/mol. The SMILES string of the molecule is Cc1cc2c(c(Br)c1CC1(O)CC1)OCCO2. The maximum absolute atomic E-state index is 10.0. The Morgan fingerprint density at radius 2 is 2.06 bits per heavy atom. The van der Waals surface area contributed by atoms with Gasteiger partial charge in [-0.3, -0.25) is 0 Å². The van der Waals surface area contributed by atoms with E-state index in [0.717, 1.165) is 39.9 Å². The Balaban J connectivity index is 2.02. The molecule has 4 heteroatoms. The molecule has 0 saturated heterocycles. The Labute approximate surface area is 109 Å². The molecular formula is C13H15BrO3. The zero-order valence-corrected chi connectivity index (χ0v) is 11.3. The minimum absolute atomic E-state index is 0.489. The van der Waals surface area contributed by atoms with Crippen molar-refractivity contribution >= 4 is 15.9 Å². The number of halogens is 1. The summed E-state index contributed by atoms with van der Waals surface area (Å²) in [5, 5.41) is 10.0. The molecule has 1 saturated carbocycles. The van der Waals surface area contributed by atoms with Crippen molar-refractivity contribution in [1.82, 2.24) is 0 Å². The van der Waals surface area contributed by atoms with Crippen molar-refractivity contribution in [3.8, 4) is 11.5 Å². The van der Waals surface area contributed by atoms with Gasteiger partial charge in [0.15, 0.2) is 11.5 Å². The molecule has 3 rings (SSSR count). The van der Waals surface area contributed by atoms with Crippen LogP contribution in [0.3, 0.4) is 0 Å². The summed E-state index contributed by atoms with van der Waals surface area (Å²) in [6.45, 7) is 3.23. The van der Waals surface area contributed by atoms with Gasteiger partial charge in [0.05, 0.1) is 10.1 Å². The second kappa shape index (κ2) is 3.89. The predicted octanol–water partition coefficient (Wildman–Crippen LogP) is 2.60. The summed E-state index contributed by atoms with van der Waals surface area (Å²) in [5.74, 6) is 1.58. The van der Waals surface area contributed by atoms with E-state index in [2.05, 4.69) is 15.9 Å². The van der Waals surface area contributed by atoms with Crippen molar-refractivity contribution in [2.75, 3.05) is 13.2 Å². The van der Waals surface area contributed by atoms with E-state index in [0.29, 0.717) is 19.6 Å². The van der Waals surface area contributed by atoms with Crippen LogP contribution in [-0.2, 0) is 6.42 Å². The van der Waals surface area contributed by atoms with Crippen molar-refractivity contribution in [2.45, 2.75) is 31.8 Å². The van der Waals surface area contributed by atoms with Crippen LogP contribution in [0.5, 0.6) is 11.5 Å². The number of aryl methyl sites for hydroxylation is 1. The molecule has 3 nitrogen and oxygen atoms in total. The second-order valence-electron chi connectivity index (χ2n) is 4.91. The first-order valence-corrected chi connectivity index (χ1v) is 6.68. The first-order valence-electron chi connectivity index (χ1n) is 5.89. The van der Waals surface area contributed by atoms with E-state index in [9.17, 15) is 5.11 Å². The van der Waals surface area contributed by atoms with Crippen LogP contribution in [0.2, 0.25) is 0 Å². The summed E-state index contributed by atoms with van der Waals surface area (Å²) >= 11 is 3.58. The molecule has 0 spiro atoms. The van der Waals surface area contributed by atoms with Crippen molar-refractivity contribution in [3.63, 3.8) is 0 Å². The number of hydrogen-bond donors (Lipinski definition) is 1. The molecular weight excluding hydrogens is 284 g/mol.